The summed E-state index contributed by atoms with van der Waals surface area (Å²) in [5, 5.41) is 5.00. The molecular weight excluding hydrogens is 222 g/mol. The fourth-order valence-electron chi connectivity index (χ4n) is 2.18. The van der Waals surface area contributed by atoms with Gasteiger partial charge in [0.25, 0.3) is 5.91 Å². The third kappa shape index (κ3) is 2.59. The van der Waals surface area contributed by atoms with E-state index in [0.29, 0.717) is 11.6 Å². The third-order valence-electron chi connectivity index (χ3n) is 2.95. The lowest BCUT2D eigenvalue weighted by Gasteiger charge is -2.32. The Labute approximate surface area is 99.7 Å². The van der Waals surface area contributed by atoms with E-state index in [1.165, 1.54) is 17.8 Å². The average Bonchev–Trinajstić information content (AvgIpc) is 2.82. The highest BCUT2D eigenvalue weighted by molar-refractivity contribution is 7.07. The normalized spacial score (nSPS) is 21.1. The molecule has 1 amide bonds. The van der Waals surface area contributed by atoms with Gasteiger partial charge in [-0.15, -0.1) is 11.3 Å². The molecule has 1 aromatic heterocycles. The molecule has 1 saturated heterocycles. The Morgan fingerprint density at radius 2 is 2.62 bits per heavy atom. The Bertz CT molecular complexity index is 337. The van der Waals surface area contributed by atoms with Gasteiger partial charge in [-0.2, -0.15) is 0 Å². The molecule has 1 N–H and O–H groups in total. The number of aromatic nitrogens is 1. The summed E-state index contributed by atoms with van der Waals surface area (Å²) in [4.78, 5) is 18.1. The molecule has 16 heavy (non-hydrogen) atoms. The first-order valence-electron chi connectivity index (χ1n) is 5.63. The summed E-state index contributed by atoms with van der Waals surface area (Å²) in [5.74, 6) is 0.670. The molecule has 1 atom stereocenters. The number of hydrogen-bond acceptors (Lipinski definition) is 4. The lowest BCUT2D eigenvalue weighted by molar-refractivity contribution is 0.0669. The van der Waals surface area contributed by atoms with E-state index in [-0.39, 0.29) is 5.91 Å². The second kappa shape index (κ2) is 5.41. The zero-order valence-electron chi connectivity index (χ0n) is 9.48. The van der Waals surface area contributed by atoms with E-state index in [1.54, 1.807) is 5.51 Å². The maximum atomic E-state index is 12.1. The summed E-state index contributed by atoms with van der Waals surface area (Å²) >= 11 is 1.47. The van der Waals surface area contributed by atoms with Crippen LogP contribution in [0.3, 0.4) is 0 Å². The minimum atomic E-state index is 0.0852. The molecule has 1 unspecified atom stereocenters. The predicted molar refractivity (Wildman–Crippen MR) is 64.7 cm³/mol. The van der Waals surface area contributed by atoms with Crippen LogP contribution in [0.15, 0.2) is 10.9 Å². The highest BCUT2D eigenvalue weighted by Gasteiger charge is 2.24. The van der Waals surface area contributed by atoms with Gasteiger partial charge in [-0.25, -0.2) is 4.98 Å². The van der Waals surface area contributed by atoms with Crippen molar-refractivity contribution in [2.45, 2.75) is 12.8 Å². The Hall–Kier alpha value is -0.940. The molecule has 1 aliphatic heterocycles. The molecule has 2 heterocycles. The monoisotopic (exact) mass is 239 g/mol. The Kier molecular flexibility index (Phi) is 3.90. The van der Waals surface area contributed by atoms with Gasteiger partial charge >= 0.3 is 0 Å². The number of hydrogen-bond donors (Lipinski definition) is 1. The lowest BCUT2D eigenvalue weighted by atomic mass is 9.98. The van der Waals surface area contributed by atoms with Crippen LogP contribution in [0.1, 0.15) is 23.3 Å². The Morgan fingerprint density at radius 3 is 3.31 bits per heavy atom. The summed E-state index contributed by atoms with van der Waals surface area (Å²) in [5.41, 5.74) is 2.30. The van der Waals surface area contributed by atoms with Crippen LogP contribution in [0.2, 0.25) is 0 Å². The zero-order chi connectivity index (χ0) is 11.4. The molecule has 0 aromatic carbocycles. The number of piperidine rings is 1. The van der Waals surface area contributed by atoms with Crippen LogP contribution in [0.25, 0.3) is 0 Å². The van der Waals surface area contributed by atoms with Crippen molar-refractivity contribution in [2.24, 2.45) is 5.92 Å². The number of amides is 1. The van der Waals surface area contributed by atoms with Crippen LogP contribution >= 0.6 is 11.3 Å². The molecule has 0 bridgehead atoms. The summed E-state index contributed by atoms with van der Waals surface area (Å²) in [6, 6.07) is 0. The first-order valence-corrected chi connectivity index (χ1v) is 6.57. The third-order valence-corrected chi connectivity index (χ3v) is 3.54. The molecule has 88 valence electrons. The number of carbonyl (C=O) groups excluding carboxylic acids is 1. The Balaban J connectivity index is 1.96. The van der Waals surface area contributed by atoms with Gasteiger partial charge in [0.1, 0.15) is 5.69 Å². The van der Waals surface area contributed by atoms with Gasteiger partial charge < -0.3 is 10.2 Å². The largest absolute Gasteiger partial charge is 0.337 e. The maximum absolute atomic E-state index is 12.1. The molecule has 1 aliphatic rings. The molecular formula is C11H17N3OS. The van der Waals surface area contributed by atoms with Gasteiger partial charge in [-0.05, 0) is 32.4 Å². The van der Waals surface area contributed by atoms with E-state index in [2.05, 4.69) is 10.3 Å². The number of nitrogens with zero attached hydrogens (tertiary/aromatic N) is 2. The predicted octanol–water partition coefficient (Wildman–Crippen LogP) is 1.21. The minimum absolute atomic E-state index is 0.0852. The fourth-order valence-corrected chi connectivity index (χ4v) is 2.71. The smallest absolute Gasteiger partial charge is 0.273 e. The first kappa shape index (κ1) is 11.5. The molecule has 0 spiro atoms. The molecule has 1 fully saturated rings. The summed E-state index contributed by atoms with van der Waals surface area (Å²) in [6.07, 6.45) is 2.31. The molecule has 4 nitrogen and oxygen atoms in total. The van der Waals surface area contributed by atoms with Crippen molar-refractivity contribution < 1.29 is 4.79 Å². The van der Waals surface area contributed by atoms with Crippen LogP contribution in [-0.4, -0.2) is 42.5 Å². The van der Waals surface area contributed by atoms with Crippen molar-refractivity contribution >= 4 is 17.2 Å². The summed E-state index contributed by atoms with van der Waals surface area (Å²) in [7, 11) is 1.96. The fraction of sp³-hybridized carbons (Fsp3) is 0.636. The number of nitrogens with one attached hydrogen (secondary N) is 1. The van der Waals surface area contributed by atoms with Crippen LogP contribution in [0.5, 0.6) is 0 Å². The van der Waals surface area contributed by atoms with Crippen LogP contribution in [-0.2, 0) is 0 Å². The van der Waals surface area contributed by atoms with E-state index in [1.807, 2.05) is 17.3 Å². The van der Waals surface area contributed by atoms with E-state index in [4.69, 9.17) is 0 Å². The van der Waals surface area contributed by atoms with Gasteiger partial charge in [-0.3, -0.25) is 4.79 Å². The van der Waals surface area contributed by atoms with Gasteiger partial charge in [-0.1, -0.05) is 0 Å². The number of carbonyl (C=O) groups is 1. The van der Waals surface area contributed by atoms with Crippen LogP contribution in [0, 0.1) is 5.92 Å². The Morgan fingerprint density at radius 1 is 1.75 bits per heavy atom. The van der Waals surface area contributed by atoms with E-state index in [9.17, 15) is 4.79 Å². The maximum Gasteiger partial charge on any atom is 0.273 e. The topological polar surface area (TPSA) is 45.2 Å². The first-order chi connectivity index (χ1) is 7.81. The van der Waals surface area contributed by atoms with E-state index >= 15 is 0 Å². The molecule has 0 aliphatic carbocycles. The van der Waals surface area contributed by atoms with E-state index < -0.39 is 0 Å². The SMILES string of the molecule is CNCC1CCCN(C(=O)c2cscn2)C1. The zero-order valence-corrected chi connectivity index (χ0v) is 10.3. The van der Waals surface area contributed by atoms with Crippen molar-refractivity contribution in [3.05, 3.63) is 16.6 Å². The molecule has 1 aromatic rings. The highest BCUT2D eigenvalue weighted by atomic mass is 32.1. The van der Waals surface area contributed by atoms with Crippen molar-refractivity contribution in [1.29, 1.82) is 0 Å². The molecule has 5 heteroatoms. The van der Waals surface area contributed by atoms with E-state index in [0.717, 1.165) is 26.1 Å². The minimum Gasteiger partial charge on any atom is -0.337 e. The number of likely N-dealkylation sites (tertiary alicyclic amines) is 1. The molecule has 0 radical (unpaired) electrons. The van der Waals surface area contributed by atoms with Gasteiger partial charge in [0.2, 0.25) is 0 Å². The van der Waals surface area contributed by atoms with Gasteiger partial charge in [0, 0.05) is 18.5 Å². The van der Waals surface area contributed by atoms with Crippen LogP contribution < -0.4 is 5.32 Å². The standard InChI is InChI=1S/C11H17N3OS/c1-12-5-9-3-2-4-14(6-9)11(15)10-7-16-8-13-10/h7-9,12H,2-6H2,1H3. The summed E-state index contributed by atoms with van der Waals surface area (Å²) < 4.78 is 0. The molecule has 2 rings (SSSR count). The average molecular weight is 239 g/mol. The highest BCUT2D eigenvalue weighted by Crippen LogP contribution is 2.18. The van der Waals surface area contributed by atoms with Crippen molar-refractivity contribution in [1.82, 2.24) is 15.2 Å². The molecule has 0 saturated carbocycles. The van der Waals surface area contributed by atoms with Gasteiger partial charge in [0.15, 0.2) is 0 Å². The van der Waals surface area contributed by atoms with Crippen molar-refractivity contribution in [3.8, 4) is 0 Å². The second-order valence-corrected chi connectivity index (χ2v) is 4.91. The second-order valence-electron chi connectivity index (χ2n) is 4.19. The van der Waals surface area contributed by atoms with Crippen molar-refractivity contribution in [3.63, 3.8) is 0 Å². The number of rotatable bonds is 3. The van der Waals surface area contributed by atoms with Crippen LogP contribution in [0.4, 0.5) is 0 Å². The summed E-state index contributed by atoms with van der Waals surface area (Å²) in [6.45, 7) is 2.72. The number of thiazole rings is 1. The van der Waals surface area contributed by atoms with Gasteiger partial charge in [0.05, 0.1) is 5.51 Å². The quantitative estimate of drug-likeness (QED) is 0.862. The lowest BCUT2D eigenvalue weighted by Crippen LogP contribution is -2.42. The van der Waals surface area contributed by atoms with Crippen molar-refractivity contribution in [2.75, 3.05) is 26.7 Å².